The molecular formula is C15H23N3OS. The fraction of sp³-hybridized carbons (Fsp3) is 0.600. The second kappa shape index (κ2) is 6.97. The van der Waals surface area contributed by atoms with E-state index in [9.17, 15) is 4.79 Å². The van der Waals surface area contributed by atoms with Gasteiger partial charge in [-0.2, -0.15) is 11.8 Å². The van der Waals surface area contributed by atoms with E-state index in [1.54, 1.807) is 6.20 Å². The number of nitrogens with zero attached hydrogens (tertiary/aromatic N) is 1. The van der Waals surface area contributed by atoms with Crippen molar-refractivity contribution in [2.24, 2.45) is 0 Å². The van der Waals surface area contributed by atoms with Crippen LogP contribution in [0.15, 0.2) is 18.3 Å². The zero-order valence-corrected chi connectivity index (χ0v) is 13.1. The molecule has 0 radical (unpaired) electrons. The highest BCUT2D eigenvalue weighted by Gasteiger charge is 2.32. The summed E-state index contributed by atoms with van der Waals surface area (Å²) in [6, 6.07) is 3.75. The summed E-state index contributed by atoms with van der Waals surface area (Å²) in [5.41, 5.74) is 1.45. The van der Waals surface area contributed by atoms with Gasteiger partial charge in [0.1, 0.15) is 5.69 Å². The van der Waals surface area contributed by atoms with Crippen LogP contribution in [0.2, 0.25) is 0 Å². The number of thioether (sulfide) groups is 1. The molecule has 110 valence electrons. The molecule has 0 aromatic carbocycles. The van der Waals surface area contributed by atoms with E-state index in [0.29, 0.717) is 17.0 Å². The molecule has 2 rings (SSSR count). The molecule has 0 saturated heterocycles. The van der Waals surface area contributed by atoms with Crippen molar-refractivity contribution < 1.29 is 4.79 Å². The maximum atomic E-state index is 11.8. The van der Waals surface area contributed by atoms with Gasteiger partial charge in [-0.3, -0.25) is 9.78 Å². The average Bonchev–Trinajstić information content (AvgIpc) is 2.95. The topological polar surface area (TPSA) is 54.0 Å². The molecule has 0 spiro atoms. The van der Waals surface area contributed by atoms with Gasteiger partial charge in [0.2, 0.25) is 0 Å². The van der Waals surface area contributed by atoms with E-state index in [-0.39, 0.29) is 5.91 Å². The number of hydrogen-bond acceptors (Lipinski definition) is 4. The van der Waals surface area contributed by atoms with Gasteiger partial charge in [0.05, 0.1) is 0 Å². The molecule has 1 fully saturated rings. The lowest BCUT2D eigenvalue weighted by Crippen LogP contribution is -2.30. The summed E-state index contributed by atoms with van der Waals surface area (Å²) in [7, 11) is 0. The molecule has 20 heavy (non-hydrogen) atoms. The Morgan fingerprint density at radius 1 is 1.45 bits per heavy atom. The summed E-state index contributed by atoms with van der Waals surface area (Å²) >= 11 is 1.96. The molecule has 1 aromatic rings. The van der Waals surface area contributed by atoms with E-state index in [1.165, 1.54) is 25.7 Å². The van der Waals surface area contributed by atoms with Crippen molar-refractivity contribution in [3.63, 3.8) is 0 Å². The van der Waals surface area contributed by atoms with Crippen molar-refractivity contribution in [1.29, 1.82) is 0 Å². The molecular weight excluding hydrogens is 270 g/mol. The first-order chi connectivity index (χ1) is 9.69. The zero-order chi connectivity index (χ0) is 14.4. The van der Waals surface area contributed by atoms with Crippen LogP contribution in [0.25, 0.3) is 0 Å². The SMILES string of the molecule is CCNC(=O)c1cc(NCC2(SC)CCCC2)ccn1. The summed E-state index contributed by atoms with van der Waals surface area (Å²) < 4.78 is 0.356. The zero-order valence-electron chi connectivity index (χ0n) is 12.2. The Labute approximate surface area is 125 Å². The van der Waals surface area contributed by atoms with Crippen LogP contribution in [0.5, 0.6) is 0 Å². The van der Waals surface area contributed by atoms with Gasteiger partial charge in [0.15, 0.2) is 0 Å². The molecule has 1 aromatic heterocycles. The molecule has 1 amide bonds. The van der Waals surface area contributed by atoms with Gasteiger partial charge >= 0.3 is 0 Å². The Balaban J connectivity index is 1.99. The largest absolute Gasteiger partial charge is 0.384 e. The Bertz CT molecular complexity index is 458. The van der Waals surface area contributed by atoms with Crippen LogP contribution in [-0.2, 0) is 0 Å². The predicted molar refractivity (Wildman–Crippen MR) is 85.4 cm³/mol. The van der Waals surface area contributed by atoms with Crippen LogP contribution in [0.3, 0.4) is 0 Å². The minimum atomic E-state index is -0.114. The molecule has 1 aliphatic rings. The van der Waals surface area contributed by atoms with Gasteiger partial charge in [-0.15, -0.1) is 0 Å². The monoisotopic (exact) mass is 293 g/mol. The second-order valence-corrected chi connectivity index (χ2v) is 6.51. The lowest BCUT2D eigenvalue weighted by molar-refractivity contribution is 0.0951. The van der Waals surface area contributed by atoms with Crippen molar-refractivity contribution in [2.45, 2.75) is 37.4 Å². The molecule has 2 N–H and O–H groups in total. The number of amides is 1. The fourth-order valence-corrected chi connectivity index (χ4v) is 3.56. The molecule has 1 heterocycles. The van der Waals surface area contributed by atoms with Crippen LogP contribution in [0, 0.1) is 0 Å². The predicted octanol–water partition coefficient (Wildman–Crippen LogP) is 2.92. The van der Waals surface area contributed by atoms with Gasteiger partial charge in [0, 0.05) is 29.7 Å². The number of nitrogens with one attached hydrogen (secondary N) is 2. The molecule has 0 unspecified atom stereocenters. The molecule has 0 bridgehead atoms. The van der Waals surface area contributed by atoms with Gasteiger partial charge in [-0.05, 0) is 38.2 Å². The quantitative estimate of drug-likeness (QED) is 0.847. The Hall–Kier alpha value is -1.23. The molecule has 1 saturated carbocycles. The molecule has 0 atom stereocenters. The molecule has 1 aliphatic carbocycles. The minimum Gasteiger partial charge on any atom is -0.384 e. The van der Waals surface area contributed by atoms with E-state index in [2.05, 4.69) is 21.9 Å². The van der Waals surface area contributed by atoms with Crippen molar-refractivity contribution in [1.82, 2.24) is 10.3 Å². The fourth-order valence-electron chi connectivity index (χ4n) is 2.65. The van der Waals surface area contributed by atoms with Crippen LogP contribution in [0.1, 0.15) is 43.1 Å². The van der Waals surface area contributed by atoms with Crippen molar-refractivity contribution in [3.8, 4) is 0 Å². The number of anilines is 1. The maximum Gasteiger partial charge on any atom is 0.269 e. The molecule has 5 heteroatoms. The van der Waals surface area contributed by atoms with E-state index < -0.39 is 0 Å². The van der Waals surface area contributed by atoms with Crippen LogP contribution < -0.4 is 10.6 Å². The highest BCUT2D eigenvalue weighted by atomic mass is 32.2. The van der Waals surface area contributed by atoms with E-state index in [4.69, 9.17) is 0 Å². The van der Waals surface area contributed by atoms with Crippen molar-refractivity contribution in [3.05, 3.63) is 24.0 Å². The standard InChI is InChI=1S/C15H23N3OS/c1-3-16-14(19)13-10-12(6-9-17-13)18-11-15(20-2)7-4-5-8-15/h6,9-10H,3-5,7-8,11H2,1-2H3,(H,16,19)(H,17,18). The van der Waals surface area contributed by atoms with E-state index in [1.807, 2.05) is 30.8 Å². The Kier molecular flexibility index (Phi) is 5.29. The summed E-state index contributed by atoms with van der Waals surface area (Å²) in [6.07, 6.45) is 9.07. The number of rotatable bonds is 6. The van der Waals surface area contributed by atoms with Crippen LogP contribution in [0.4, 0.5) is 5.69 Å². The van der Waals surface area contributed by atoms with Crippen molar-refractivity contribution in [2.75, 3.05) is 24.7 Å². The highest BCUT2D eigenvalue weighted by molar-refractivity contribution is 8.00. The lowest BCUT2D eigenvalue weighted by Gasteiger charge is -2.27. The van der Waals surface area contributed by atoms with E-state index in [0.717, 1.165) is 12.2 Å². The highest BCUT2D eigenvalue weighted by Crippen LogP contribution is 2.40. The van der Waals surface area contributed by atoms with Gasteiger partial charge in [-0.25, -0.2) is 0 Å². The third kappa shape index (κ3) is 3.66. The average molecular weight is 293 g/mol. The van der Waals surface area contributed by atoms with Gasteiger partial charge in [0.25, 0.3) is 5.91 Å². The first-order valence-electron chi connectivity index (χ1n) is 7.22. The summed E-state index contributed by atoms with van der Waals surface area (Å²) in [5, 5.41) is 6.25. The molecule has 4 nitrogen and oxygen atoms in total. The van der Waals surface area contributed by atoms with Crippen LogP contribution in [-0.4, -0.2) is 35.0 Å². The van der Waals surface area contributed by atoms with E-state index >= 15 is 0 Å². The first kappa shape index (κ1) is 15.2. The summed E-state index contributed by atoms with van der Waals surface area (Å²) in [4.78, 5) is 15.9. The van der Waals surface area contributed by atoms with Crippen LogP contribution >= 0.6 is 11.8 Å². The number of pyridine rings is 1. The van der Waals surface area contributed by atoms with Gasteiger partial charge in [-0.1, -0.05) is 12.8 Å². The lowest BCUT2D eigenvalue weighted by atomic mass is 10.1. The number of hydrogen-bond donors (Lipinski definition) is 2. The minimum absolute atomic E-state index is 0.114. The normalized spacial score (nSPS) is 16.9. The summed E-state index contributed by atoms with van der Waals surface area (Å²) in [6.45, 7) is 3.48. The molecule has 0 aliphatic heterocycles. The number of aromatic nitrogens is 1. The number of carbonyl (C=O) groups is 1. The second-order valence-electron chi connectivity index (χ2n) is 5.24. The summed E-state index contributed by atoms with van der Waals surface area (Å²) in [5.74, 6) is -0.114. The first-order valence-corrected chi connectivity index (χ1v) is 8.45. The third-order valence-electron chi connectivity index (χ3n) is 3.89. The smallest absolute Gasteiger partial charge is 0.269 e. The maximum absolute atomic E-state index is 11.8. The Morgan fingerprint density at radius 3 is 2.85 bits per heavy atom. The Morgan fingerprint density at radius 2 is 2.20 bits per heavy atom. The number of carbonyl (C=O) groups excluding carboxylic acids is 1. The van der Waals surface area contributed by atoms with Crippen molar-refractivity contribution >= 4 is 23.4 Å². The third-order valence-corrected chi connectivity index (χ3v) is 5.31. The van der Waals surface area contributed by atoms with Gasteiger partial charge < -0.3 is 10.6 Å².